The molecule has 0 saturated carbocycles. The largest absolute Gasteiger partial charge is 0.497 e. The van der Waals surface area contributed by atoms with Gasteiger partial charge in [-0.3, -0.25) is 4.79 Å². The number of ether oxygens (including phenoxy) is 4. The molecule has 2 amide bonds. The molecule has 1 aromatic carbocycles. The van der Waals surface area contributed by atoms with Crippen LogP contribution in [0.4, 0.5) is 4.79 Å². The van der Waals surface area contributed by atoms with Crippen molar-refractivity contribution in [1.29, 1.82) is 0 Å². The highest BCUT2D eigenvalue weighted by Crippen LogP contribution is 2.32. The van der Waals surface area contributed by atoms with Crippen LogP contribution in [0, 0.1) is 12.3 Å². The van der Waals surface area contributed by atoms with Crippen LogP contribution in [-0.4, -0.2) is 77.4 Å². The number of aromatic nitrogens is 2. The lowest BCUT2D eigenvalue weighted by Crippen LogP contribution is -2.57. The standard InChI is InChI=1S/C27H38N4O7/c1-15-28-19-11-10-16(35-8)12-18(19)22(29-15)37-17-13-20(24(33)36-9)31(14-17)23(32)21(26(2,3)4)30-25(34)38-27(5,6)7/h10-12,17,20-21H,13-14H2,1-9H3,(H,30,34)/t17-,20?,21?/m1/s1. The third-order valence-corrected chi connectivity index (χ3v) is 6.05. The quantitative estimate of drug-likeness (QED) is 0.559. The van der Waals surface area contributed by atoms with Crippen LogP contribution in [0.5, 0.6) is 11.6 Å². The smallest absolute Gasteiger partial charge is 0.408 e. The molecule has 0 radical (unpaired) electrons. The molecule has 0 spiro atoms. The van der Waals surface area contributed by atoms with Crippen LogP contribution in [0.2, 0.25) is 0 Å². The first-order valence-corrected chi connectivity index (χ1v) is 12.5. The van der Waals surface area contributed by atoms with Crippen molar-refractivity contribution in [3.63, 3.8) is 0 Å². The van der Waals surface area contributed by atoms with Gasteiger partial charge in [-0.25, -0.2) is 14.6 Å². The molecule has 3 rings (SSSR count). The minimum Gasteiger partial charge on any atom is -0.497 e. The predicted molar refractivity (Wildman–Crippen MR) is 140 cm³/mol. The number of esters is 1. The molecule has 0 aliphatic carbocycles. The first-order chi connectivity index (χ1) is 17.6. The van der Waals surface area contributed by atoms with Gasteiger partial charge in [-0.1, -0.05) is 20.8 Å². The first kappa shape index (κ1) is 28.9. The van der Waals surface area contributed by atoms with Gasteiger partial charge in [-0.2, -0.15) is 4.98 Å². The second kappa shape index (κ2) is 11.0. The summed E-state index contributed by atoms with van der Waals surface area (Å²) in [7, 11) is 2.84. The van der Waals surface area contributed by atoms with Gasteiger partial charge in [0.25, 0.3) is 0 Å². The SMILES string of the molecule is COC(=O)C1C[C@@H](Oc2nc(C)nc3ccc(OC)cc23)CN1C(=O)C(NC(=O)OC(C)(C)C)C(C)(C)C. The number of carbonyl (C=O) groups excluding carboxylic acids is 3. The van der Waals surface area contributed by atoms with E-state index in [4.69, 9.17) is 18.9 Å². The zero-order chi connectivity index (χ0) is 28.4. The van der Waals surface area contributed by atoms with Crippen molar-refractivity contribution < 1.29 is 33.3 Å². The van der Waals surface area contributed by atoms with Gasteiger partial charge in [0.05, 0.1) is 31.7 Å². The highest BCUT2D eigenvalue weighted by atomic mass is 16.6. The molecule has 1 N–H and O–H groups in total. The number of nitrogens with one attached hydrogen (secondary N) is 1. The number of aryl methyl sites for hydroxylation is 1. The minimum atomic E-state index is -0.963. The lowest BCUT2D eigenvalue weighted by Gasteiger charge is -2.35. The van der Waals surface area contributed by atoms with E-state index in [0.717, 1.165) is 0 Å². The number of likely N-dealkylation sites (tertiary alicyclic amines) is 1. The summed E-state index contributed by atoms with van der Waals surface area (Å²) in [5, 5.41) is 3.34. The summed E-state index contributed by atoms with van der Waals surface area (Å²) in [6, 6.07) is 3.53. The van der Waals surface area contributed by atoms with Crippen LogP contribution < -0.4 is 14.8 Å². The van der Waals surface area contributed by atoms with Crippen LogP contribution in [-0.2, 0) is 19.1 Å². The van der Waals surface area contributed by atoms with Gasteiger partial charge in [0, 0.05) is 6.42 Å². The molecule has 1 saturated heterocycles. The van der Waals surface area contributed by atoms with Crippen LogP contribution in [0.1, 0.15) is 53.8 Å². The number of nitrogens with zero attached hydrogens (tertiary/aromatic N) is 3. The number of rotatable bonds is 6. The Hall–Kier alpha value is -3.63. The molecular weight excluding hydrogens is 492 g/mol. The number of hydrogen-bond acceptors (Lipinski definition) is 9. The maximum atomic E-state index is 13.8. The van der Waals surface area contributed by atoms with E-state index in [0.29, 0.717) is 28.4 Å². The molecule has 208 valence electrons. The summed E-state index contributed by atoms with van der Waals surface area (Å²) in [4.78, 5) is 49.5. The number of carbonyl (C=O) groups is 3. The van der Waals surface area contributed by atoms with E-state index < -0.39 is 47.2 Å². The van der Waals surface area contributed by atoms with Gasteiger partial charge in [0.2, 0.25) is 11.8 Å². The number of hydrogen-bond donors (Lipinski definition) is 1. The molecule has 1 aliphatic heterocycles. The zero-order valence-corrected chi connectivity index (χ0v) is 23.6. The fourth-order valence-corrected chi connectivity index (χ4v) is 4.29. The molecule has 2 unspecified atom stereocenters. The van der Waals surface area contributed by atoms with E-state index in [-0.39, 0.29) is 13.0 Å². The highest BCUT2D eigenvalue weighted by molar-refractivity contribution is 5.91. The van der Waals surface area contributed by atoms with E-state index in [2.05, 4.69) is 15.3 Å². The second-order valence-corrected chi connectivity index (χ2v) is 11.4. The van der Waals surface area contributed by atoms with Crippen molar-refractivity contribution in [2.24, 2.45) is 5.41 Å². The minimum absolute atomic E-state index is 0.0929. The number of benzene rings is 1. The van der Waals surface area contributed by atoms with Crippen LogP contribution in [0.25, 0.3) is 10.9 Å². The van der Waals surface area contributed by atoms with Gasteiger partial charge in [0.1, 0.15) is 35.4 Å². The van der Waals surface area contributed by atoms with Crippen LogP contribution in [0.15, 0.2) is 18.2 Å². The third-order valence-electron chi connectivity index (χ3n) is 6.05. The Morgan fingerprint density at radius 1 is 1.08 bits per heavy atom. The Balaban J connectivity index is 1.90. The van der Waals surface area contributed by atoms with Gasteiger partial charge in [-0.15, -0.1) is 0 Å². The van der Waals surface area contributed by atoms with E-state index >= 15 is 0 Å². The fraction of sp³-hybridized carbons (Fsp3) is 0.593. The van der Waals surface area contributed by atoms with E-state index in [1.54, 1.807) is 46.9 Å². The summed E-state index contributed by atoms with van der Waals surface area (Å²) < 4.78 is 22.0. The van der Waals surface area contributed by atoms with Crippen molar-refractivity contribution in [1.82, 2.24) is 20.2 Å². The molecule has 1 aromatic heterocycles. The summed E-state index contributed by atoms with van der Waals surface area (Å²) in [5.74, 6) is 0.456. The van der Waals surface area contributed by atoms with E-state index in [1.807, 2.05) is 26.8 Å². The average Bonchev–Trinajstić information content (AvgIpc) is 3.23. The Bertz CT molecular complexity index is 1200. The molecular formula is C27H38N4O7. The molecule has 11 nitrogen and oxygen atoms in total. The molecule has 3 atom stereocenters. The van der Waals surface area contributed by atoms with Gasteiger partial charge >= 0.3 is 12.1 Å². The third kappa shape index (κ3) is 6.81. The lowest BCUT2D eigenvalue weighted by molar-refractivity contribution is -0.152. The van der Waals surface area contributed by atoms with Crippen LogP contribution >= 0.6 is 0 Å². The first-order valence-electron chi connectivity index (χ1n) is 12.5. The highest BCUT2D eigenvalue weighted by Gasteiger charge is 2.46. The van der Waals surface area contributed by atoms with Crippen molar-refractivity contribution >= 4 is 28.9 Å². The van der Waals surface area contributed by atoms with Crippen LogP contribution in [0.3, 0.4) is 0 Å². The van der Waals surface area contributed by atoms with Gasteiger partial charge in [0.15, 0.2) is 0 Å². The molecule has 11 heteroatoms. The van der Waals surface area contributed by atoms with E-state index in [1.165, 1.54) is 12.0 Å². The maximum absolute atomic E-state index is 13.8. The zero-order valence-electron chi connectivity index (χ0n) is 23.6. The van der Waals surface area contributed by atoms with Crippen molar-refractivity contribution in [2.75, 3.05) is 20.8 Å². The van der Waals surface area contributed by atoms with Crippen molar-refractivity contribution in [3.8, 4) is 11.6 Å². The summed E-state index contributed by atoms with van der Waals surface area (Å²) in [6.07, 6.45) is -1.09. The summed E-state index contributed by atoms with van der Waals surface area (Å²) in [6.45, 7) is 12.6. The van der Waals surface area contributed by atoms with Gasteiger partial charge < -0.3 is 29.2 Å². The number of methoxy groups -OCH3 is 2. The molecule has 1 fully saturated rings. The molecule has 38 heavy (non-hydrogen) atoms. The normalized spacial score (nSPS) is 18.6. The Kier molecular flexibility index (Phi) is 8.38. The second-order valence-electron chi connectivity index (χ2n) is 11.4. The maximum Gasteiger partial charge on any atom is 0.408 e. The van der Waals surface area contributed by atoms with Gasteiger partial charge in [-0.05, 0) is 51.3 Å². The lowest BCUT2D eigenvalue weighted by atomic mass is 9.85. The Morgan fingerprint density at radius 3 is 2.34 bits per heavy atom. The van der Waals surface area contributed by atoms with Crippen molar-refractivity contribution in [3.05, 3.63) is 24.0 Å². The summed E-state index contributed by atoms with van der Waals surface area (Å²) in [5.41, 5.74) is -0.736. The Morgan fingerprint density at radius 2 is 1.76 bits per heavy atom. The molecule has 2 heterocycles. The topological polar surface area (TPSA) is 129 Å². The predicted octanol–water partition coefficient (Wildman–Crippen LogP) is 3.41. The molecule has 2 aromatic rings. The average molecular weight is 531 g/mol. The monoisotopic (exact) mass is 530 g/mol. The summed E-state index contributed by atoms with van der Waals surface area (Å²) >= 11 is 0. The molecule has 1 aliphatic rings. The molecule has 0 bridgehead atoms. The van der Waals surface area contributed by atoms with E-state index in [9.17, 15) is 14.4 Å². The number of fused-ring (bicyclic) bond motifs is 1. The number of alkyl carbamates (subject to hydrolysis) is 1. The fourth-order valence-electron chi connectivity index (χ4n) is 4.29. The number of amides is 2. The Labute approximate surface area is 223 Å². The van der Waals surface area contributed by atoms with Crippen molar-refractivity contribution in [2.45, 2.75) is 78.7 Å².